The molecule has 1 saturated carbocycles. The summed E-state index contributed by atoms with van der Waals surface area (Å²) in [7, 11) is 0. The maximum Gasteiger partial charge on any atom is 0.317 e. The Bertz CT molecular complexity index is 541. The van der Waals surface area contributed by atoms with E-state index in [9.17, 15) is 4.79 Å². The molecule has 1 aliphatic carbocycles. The molecular formula is C21H33N3O. The molecule has 1 atom stereocenters. The van der Waals surface area contributed by atoms with Crippen molar-refractivity contribution in [2.75, 3.05) is 26.2 Å². The van der Waals surface area contributed by atoms with Crippen molar-refractivity contribution in [2.24, 2.45) is 5.92 Å². The molecular weight excluding hydrogens is 310 g/mol. The molecule has 3 rings (SSSR count). The fraction of sp³-hybridized carbons (Fsp3) is 0.667. The third-order valence-electron chi connectivity index (χ3n) is 5.55. The highest BCUT2D eigenvalue weighted by atomic mass is 16.2. The Morgan fingerprint density at radius 1 is 1.16 bits per heavy atom. The van der Waals surface area contributed by atoms with Crippen LogP contribution in [0.5, 0.6) is 0 Å². The molecule has 1 aromatic rings. The predicted octanol–water partition coefficient (Wildman–Crippen LogP) is 3.52. The summed E-state index contributed by atoms with van der Waals surface area (Å²) in [5.41, 5.74) is 1.38. The first-order valence-corrected chi connectivity index (χ1v) is 9.97. The fourth-order valence-corrected chi connectivity index (χ4v) is 3.82. The Balaban J connectivity index is 1.39. The van der Waals surface area contributed by atoms with Gasteiger partial charge in [0.1, 0.15) is 0 Å². The maximum atomic E-state index is 12.6. The Morgan fingerprint density at radius 2 is 1.92 bits per heavy atom. The van der Waals surface area contributed by atoms with Crippen molar-refractivity contribution < 1.29 is 4.79 Å². The summed E-state index contributed by atoms with van der Waals surface area (Å²) >= 11 is 0. The minimum Gasteiger partial charge on any atom is -0.338 e. The van der Waals surface area contributed by atoms with Crippen molar-refractivity contribution in [3.63, 3.8) is 0 Å². The zero-order valence-corrected chi connectivity index (χ0v) is 15.8. The van der Waals surface area contributed by atoms with Crippen LogP contribution in [0.2, 0.25) is 0 Å². The zero-order chi connectivity index (χ0) is 17.6. The van der Waals surface area contributed by atoms with Gasteiger partial charge in [0.25, 0.3) is 0 Å². The third-order valence-corrected chi connectivity index (χ3v) is 5.55. The van der Waals surface area contributed by atoms with E-state index in [-0.39, 0.29) is 6.03 Å². The van der Waals surface area contributed by atoms with Crippen LogP contribution in [0.4, 0.5) is 4.79 Å². The molecule has 2 fully saturated rings. The van der Waals surface area contributed by atoms with Crippen LogP contribution in [0, 0.1) is 5.92 Å². The zero-order valence-electron chi connectivity index (χ0n) is 15.8. The van der Waals surface area contributed by atoms with Crippen LogP contribution < -0.4 is 5.32 Å². The van der Waals surface area contributed by atoms with Crippen molar-refractivity contribution in [1.82, 2.24) is 15.1 Å². The monoisotopic (exact) mass is 343 g/mol. The van der Waals surface area contributed by atoms with E-state index in [0.717, 1.165) is 51.5 Å². The summed E-state index contributed by atoms with van der Waals surface area (Å²) in [5, 5.41) is 3.15. The van der Waals surface area contributed by atoms with Crippen molar-refractivity contribution >= 4 is 6.03 Å². The van der Waals surface area contributed by atoms with Gasteiger partial charge >= 0.3 is 6.03 Å². The summed E-state index contributed by atoms with van der Waals surface area (Å²) in [6.07, 6.45) is 5.94. The van der Waals surface area contributed by atoms with Crippen molar-refractivity contribution in [3.05, 3.63) is 35.9 Å². The van der Waals surface area contributed by atoms with E-state index in [4.69, 9.17) is 0 Å². The number of hydrogen-bond donors (Lipinski definition) is 1. The standard InChI is InChI=1S/C21H33N3O/c1-17(2)20-16-23(19-11-12-19)14-15-24(20)21(25)22-13-7-6-10-18-8-4-3-5-9-18/h3-5,8-9,17,19-20H,6-7,10-16H2,1-2H3,(H,22,25). The first-order chi connectivity index (χ1) is 12.1. The Hall–Kier alpha value is -1.55. The number of aryl methyl sites for hydroxylation is 1. The van der Waals surface area contributed by atoms with Gasteiger partial charge in [-0.15, -0.1) is 0 Å². The van der Waals surface area contributed by atoms with E-state index in [0.29, 0.717) is 12.0 Å². The first kappa shape index (κ1) is 18.2. The molecule has 1 unspecified atom stereocenters. The molecule has 1 aromatic carbocycles. The van der Waals surface area contributed by atoms with Crippen LogP contribution in [-0.2, 0) is 6.42 Å². The van der Waals surface area contributed by atoms with E-state index in [1.54, 1.807) is 0 Å². The average Bonchev–Trinajstić information content (AvgIpc) is 3.47. The largest absolute Gasteiger partial charge is 0.338 e. The van der Waals surface area contributed by atoms with Crippen LogP contribution in [0.1, 0.15) is 45.1 Å². The number of nitrogens with zero attached hydrogens (tertiary/aromatic N) is 2. The molecule has 0 bridgehead atoms. The molecule has 25 heavy (non-hydrogen) atoms. The highest BCUT2D eigenvalue weighted by molar-refractivity contribution is 5.74. The summed E-state index contributed by atoms with van der Waals surface area (Å²) in [4.78, 5) is 17.3. The number of unbranched alkanes of at least 4 members (excludes halogenated alkanes) is 1. The van der Waals surface area contributed by atoms with Gasteiger partial charge in [-0.25, -0.2) is 4.79 Å². The van der Waals surface area contributed by atoms with Gasteiger partial charge in [-0.05, 0) is 43.6 Å². The maximum absolute atomic E-state index is 12.6. The smallest absolute Gasteiger partial charge is 0.317 e. The average molecular weight is 344 g/mol. The lowest BCUT2D eigenvalue weighted by Gasteiger charge is -2.43. The van der Waals surface area contributed by atoms with Gasteiger partial charge in [0, 0.05) is 38.3 Å². The molecule has 2 amide bonds. The molecule has 0 spiro atoms. The van der Waals surface area contributed by atoms with Gasteiger partial charge in [-0.2, -0.15) is 0 Å². The van der Waals surface area contributed by atoms with Crippen LogP contribution in [-0.4, -0.2) is 54.1 Å². The number of rotatable bonds is 7. The molecule has 4 nitrogen and oxygen atoms in total. The highest BCUT2D eigenvalue weighted by Crippen LogP contribution is 2.30. The van der Waals surface area contributed by atoms with Gasteiger partial charge in [0.15, 0.2) is 0 Å². The number of nitrogens with one attached hydrogen (secondary N) is 1. The molecule has 4 heteroatoms. The van der Waals surface area contributed by atoms with E-state index < -0.39 is 0 Å². The summed E-state index contributed by atoms with van der Waals surface area (Å²) in [6, 6.07) is 11.8. The molecule has 138 valence electrons. The minimum atomic E-state index is 0.133. The minimum absolute atomic E-state index is 0.133. The van der Waals surface area contributed by atoms with Crippen LogP contribution in [0.3, 0.4) is 0 Å². The van der Waals surface area contributed by atoms with E-state index in [1.807, 2.05) is 0 Å². The number of carbonyl (C=O) groups excluding carboxylic acids is 1. The van der Waals surface area contributed by atoms with Crippen molar-refractivity contribution in [1.29, 1.82) is 0 Å². The number of benzene rings is 1. The molecule has 0 radical (unpaired) electrons. The number of urea groups is 1. The van der Waals surface area contributed by atoms with Gasteiger partial charge in [-0.3, -0.25) is 4.90 Å². The van der Waals surface area contributed by atoms with Crippen molar-refractivity contribution in [2.45, 2.75) is 58.0 Å². The van der Waals surface area contributed by atoms with E-state index >= 15 is 0 Å². The van der Waals surface area contributed by atoms with Crippen LogP contribution in [0.15, 0.2) is 30.3 Å². The lowest BCUT2D eigenvalue weighted by Crippen LogP contribution is -2.59. The highest BCUT2D eigenvalue weighted by Gasteiger charge is 2.38. The Labute approximate surface area is 152 Å². The molecule has 1 aliphatic heterocycles. The predicted molar refractivity (Wildman–Crippen MR) is 103 cm³/mol. The van der Waals surface area contributed by atoms with E-state index in [2.05, 4.69) is 59.3 Å². The lowest BCUT2D eigenvalue weighted by atomic mass is 9.99. The van der Waals surface area contributed by atoms with E-state index in [1.165, 1.54) is 18.4 Å². The number of amides is 2. The molecule has 0 aromatic heterocycles. The second kappa shape index (κ2) is 8.70. The van der Waals surface area contributed by atoms with Gasteiger partial charge < -0.3 is 10.2 Å². The van der Waals surface area contributed by atoms with Crippen LogP contribution in [0.25, 0.3) is 0 Å². The first-order valence-electron chi connectivity index (χ1n) is 9.97. The van der Waals surface area contributed by atoms with Gasteiger partial charge in [0.05, 0.1) is 0 Å². The summed E-state index contributed by atoms with van der Waals surface area (Å²) in [5.74, 6) is 0.505. The lowest BCUT2D eigenvalue weighted by molar-refractivity contribution is 0.0681. The van der Waals surface area contributed by atoms with Gasteiger partial charge in [-0.1, -0.05) is 44.2 Å². The SMILES string of the molecule is CC(C)C1CN(C2CC2)CCN1C(=O)NCCCCc1ccccc1. The molecule has 1 heterocycles. The molecule has 1 N–H and O–H groups in total. The Kier molecular flexibility index (Phi) is 6.35. The second-order valence-electron chi connectivity index (χ2n) is 7.91. The summed E-state index contributed by atoms with van der Waals surface area (Å²) in [6.45, 7) is 8.20. The molecule has 1 saturated heterocycles. The topological polar surface area (TPSA) is 35.6 Å². The number of piperazine rings is 1. The molecule has 2 aliphatic rings. The fourth-order valence-electron chi connectivity index (χ4n) is 3.82. The van der Waals surface area contributed by atoms with Gasteiger partial charge in [0.2, 0.25) is 0 Å². The number of hydrogen-bond acceptors (Lipinski definition) is 2. The number of carbonyl (C=O) groups is 1. The van der Waals surface area contributed by atoms with Crippen molar-refractivity contribution in [3.8, 4) is 0 Å². The Morgan fingerprint density at radius 3 is 2.60 bits per heavy atom. The normalized spacial score (nSPS) is 21.6. The summed E-state index contributed by atoms with van der Waals surface area (Å²) < 4.78 is 0. The third kappa shape index (κ3) is 5.21. The van der Waals surface area contributed by atoms with Crippen LogP contribution >= 0.6 is 0 Å². The second-order valence-corrected chi connectivity index (χ2v) is 7.91. The quantitative estimate of drug-likeness (QED) is 0.769.